The van der Waals surface area contributed by atoms with Crippen molar-refractivity contribution in [3.63, 3.8) is 0 Å². The smallest absolute Gasteiger partial charge is 0.0957 e. The van der Waals surface area contributed by atoms with Crippen LogP contribution in [0.15, 0.2) is 0 Å². The Kier molecular flexibility index (Phi) is 2.73. The first-order valence-electron chi connectivity index (χ1n) is 5.71. The minimum atomic E-state index is 0.436. The zero-order valence-electron chi connectivity index (χ0n) is 8.79. The molecule has 0 radical (unpaired) electrons. The SMILES string of the molecule is C1COC(Cc2nc3c(s2)CNCC3)C1. The standard InChI is InChI=1S/C11H16N2OS/c1-2-8(14-5-1)6-11-13-9-3-4-12-7-10(9)15-11/h8,12H,1-7H2. The van der Waals surface area contributed by atoms with Crippen LogP contribution in [0.5, 0.6) is 0 Å². The summed E-state index contributed by atoms with van der Waals surface area (Å²) in [5, 5.41) is 4.66. The predicted octanol–water partition coefficient (Wildman–Crippen LogP) is 1.51. The molecule has 1 fully saturated rings. The fourth-order valence-corrected chi connectivity index (χ4v) is 3.42. The second-order valence-corrected chi connectivity index (χ2v) is 5.41. The lowest BCUT2D eigenvalue weighted by molar-refractivity contribution is 0.111. The molecule has 0 bridgehead atoms. The fraction of sp³-hybridized carbons (Fsp3) is 0.727. The zero-order valence-corrected chi connectivity index (χ0v) is 9.61. The monoisotopic (exact) mass is 224 g/mol. The van der Waals surface area contributed by atoms with Crippen molar-refractivity contribution in [1.82, 2.24) is 10.3 Å². The Labute approximate surface area is 93.9 Å². The van der Waals surface area contributed by atoms with Gasteiger partial charge in [0.05, 0.1) is 16.8 Å². The van der Waals surface area contributed by atoms with Crippen LogP contribution in [0.1, 0.15) is 28.4 Å². The molecule has 1 N–H and O–H groups in total. The van der Waals surface area contributed by atoms with Crippen LogP contribution in [-0.4, -0.2) is 24.2 Å². The van der Waals surface area contributed by atoms with Crippen molar-refractivity contribution in [2.45, 2.75) is 38.3 Å². The first kappa shape index (κ1) is 9.75. The molecule has 1 saturated heterocycles. The summed E-state index contributed by atoms with van der Waals surface area (Å²) in [6.45, 7) is 3.03. The van der Waals surface area contributed by atoms with Gasteiger partial charge in [-0.15, -0.1) is 11.3 Å². The number of aromatic nitrogens is 1. The van der Waals surface area contributed by atoms with Gasteiger partial charge in [-0.25, -0.2) is 4.98 Å². The van der Waals surface area contributed by atoms with E-state index in [4.69, 9.17) is 9.72 Å². The Morgan fingerprint density at radius 2 is 2.53 bits per heavy atom. The van der Waals surface area contributed by atoms with E-state index in [2.05, 4.69) is 5.32 Å². The van der Waals surface area contributed by atoms with Gasteiger partial charge in [0.25, 0.3) is 0 Å². The first-order chi connectivity index (χ1) is 7.42. The van der Waals surface area contributed by atoms with E-state index >= 15 is 0 Å². The summed E-state index contributed by atoms with van der Waals surface area (Å²) in [6, 6.07) is 0. The largest absolute Gasteiger partial charge is 0.378 e. The van der Waals surface area contributed by atoms with Crippen LogP contribution in [0.25, 0.3) is 0 Å². The molecule has 3 rings (SSSR count). The molecule has 1 atom stereocenters. The molecule has 1 aromatic rings. The number of thiazole rings is 1. The quantitative estimate of drug-likeness (QED) is 0.827. The van der Waals surface area contributed by atoms with Gasteiger partial charge in [-0.1, -0.05) is 0 Å². The zero-order chi connectivity index (χ0) is 10.1. The van der Waals surface area contributed by atoms with Gasteiger partial charge in [-0.05, 0) is 12.8 Å². The van der Waals surface area contributed by atoms with Crippen LogP contribution in [-0.2, 0) is 24.1 Å². The van der Waals surface area contributed by atoms with Crippen molar-refractivity contribution in [2.24, 2.45) is 0 Å². The summed E-state index contributed by atoms with van der Waals surface area (Å²) in [4.78, 5) is 6.15. The van der Waals surface area contributed by atoms with Crippen LogP contribution < -0.4 is 5.32 Å². The molecule has 0 aromatic carbocycles. The van der Waals surface area contributed by atoms with Crippen molar-refractivity contribution in [2.75, 3.05) is 13.2 Å². The highest BCUT2D eigenvalue weighted by Crippen LogP contribution is 2.25. The van der Waals surface area contributed by atoms with Crippen molar-refractivity contribution >= 4 is 11.3 Å². The number of nitrogens with zero attached hydrogens (tertiary/aromatic N) is 1. The van der Waals surface area contributed by atoms with Gasteiger partial charge in [0.1, 0.15) is 0 Å². The summed E-state index contributed by atoms with van der Waals surface area (Å²) in [7, 11) is 0. The summed E-state index contributed by atoms with van der Waals surface area (Å²) >= 11 is 1.87. The van der Waals surface area contributed by atoms with E-state index in [1.54, 1.807) is 0 Å². The van der Waals surface area contributed by atoms with E-state index in [1.165, 1.54) is 28.4 Å². The summed E-state index contributed by atoms with van der Waals surface area (Å²) in [5.41, 5.74) is 1.33. The molecule has 3 heterocycles. The molecule has 1 unspecified atom stereocenters. The lowest BCUT2D eigenvalue weighted by Crippen LogP contribution is -2.22. The maximum Gasteiger partial charge on any atom is 0.0957 e. The topological polar surface area (TPSA) is 34.1 Å². The normalized spacial score (nSPS) is 25.5. The van der Waals surface area contributed by atoms with Gasteiger partial charge in [-0.2, -0.15) is 0 Å². The summed E-state index contributed by atoms with van der Waals surface area (Å²) in [6.07, 6.45) is 4.99. The minimum absolute atomic E-state index is 0.436. The number of hydrogen-bond acceptors (Lipinski definition) is 4. The Hall–Kier alpha value is -0.450. The van der Waals surface area contributed by atoms with E-state index < -0.39 is 0 Å². The molecular weight excluding hydrogens is 208 g/mol. The third-order valence-corrected chi connectivity index (χ3v) is 4.19. The maximum absolute atomic E-state index is 5.64. The van der Waals surface area contributed by atoms with Gasteiger partial charge in [0.2, 0.25) is 0 Å². The number of nitrogens with one attached hydrogen (secondary N) is 1. The Morgan fingerprint density at radius 1 is 1.53 bits per heavy atom. The van der Waals surface area contributed by atoms with Gasteiger partial charge in [0.15, 0.2) is 0 Å². The first-order valence-corrected chi connectivity index (χ1v) is 6.53. The van der Waals surface area contributed by atoms with E-state index in [0.29, 0.717) is 6.10 Å². The third-order valence-electron chi connectivity index (χ3n) is 3.07. The molecule has 3 nitrogen and oxygen atoms in total. The molecule has 2 aliphatic heterocycles. The van der Waals surface area contributed by atoms with E-state index in [-0.39, 0.29) is 0 Å². The Balaban J connectivity index is 1.72. The van der Waals surface area contributed by atoms with Crippen LogP contribution in [0, 0.1) is 0 Å². The van der Waals surface area contributed by atoms with E-state index in [1.807, 2.05) is 11.3 Å². The van der Waals surface area contributed by atoms with E-state index in [9.17, 15) is 0 Å². The minimum Gasteiger partial charge on any atom is -0.378 e. The summed E-state index contributed by atoms with van der Waals surface area (Å²) in [5.74, 6) is 0. The van der Waals surface area contributed by atoms with Crippen LogP contribution >= 0.6 is 11.3 Å². The molecule has 0 spiro atoms. The molecule has 2 aliphatic rings. The predicted molar refractivity (Wildman–Crippen MR) is 60.2 cm³/mol. The Bertz CT molecular complexity index is 321. The second-order valence-electron chi connectivity index (χ2n) is 4.24. The van der Waals surface area contributed by atoms with Crippen LogP contribution in [0.3, 0.4) is 0 Å². The summed E-state index contributed by atoms with van der Waals surface area (Å²) < 4.78 is 5.64. The van der Waals surface area contributed by atoms with Crippen molar-refractivity contribution in [3.05, 3.63) is 15.6 Å². The number of ether oxygens (including phenoxy) is 1. The van der Waals surface area contributed by atoms with Gasteiger partial charge < -0.3 is 10.1 Å². The van der Waals surface area contributed by atoms with Gasteiger partial charge in [-0.3, -0.25) is 0 Å². The third kappa shape index (κ3) is 2.07. The maximum atomic E-state index is 5.64. The van der Waals surface area contributed by atoms with Crippen molar-refractivity contribution in [1.29, 1.82) is 0 Å². The molecular formula is C11H16N2OS. The number of rotatable bonds is 2. The van der Waals surface area contributed by atoms with Crippen LogP contribution in [0.2, 0.25) is 0 Å². The molecule has 0 saturated carbocycles. The molecule has 82 valence electrons. The van der Waals surface area contributed by atoms with Gasteiger partial charge in [0, 0.05) is 37.4 Å². The van der Waals surface area contributed by atoms with E-state index in [0.717, 1.165) is 32.5 Å². The highest BCUT2D eigenvalue weighted by Gasteiger charge is 2.20. The highest BCUT2D eigenvalue weighted by atomic mass is 32.1. The molecule has 0 aliphatic carbocycles. The van der Waals surface area contributed by atoms with Crippen molar-refractivity contribution < 1.29 is 4.74 Å². The number of fused-ring (bicyclic) bond motifs is 1. The second kappa shape index (κ2) is 4.20. The molecule has 1 aromatic heterocycles. The van der Waals surface area contributed by atoms with Gasteiger partial charge >= 0.3 is 0 Å². The Morgan fingerprint density at radius 3 is 3.33 bits per heavy atom. The highest BCUT2D eigenvalue weighted by molar-refractivity contribution is 7.11. The van der Waals surface area contributed by atoms with Crippen molar-refractivity contribution in [3.8, 4) is 0 Å². The average molecular weight is 224 g/mol. The lowest BCUT2D eigenvalue weighted by Gasteiger charge is -2.09. The van der Waals surface area contributed by atoms with Crippen LogP contribution in [0.4, 0.5) is 0 Å². The molecule has 0 amide bonds. The lowest BCUT2D eigenvalue weighted by atomic mass is 10.2. The fourth-order valence-electron chi connectivity index (χ4n) is 2.27. The number of hydrogen-bond donors (Lipinski definition) is 1. The molecule has 15 heavy (non-hydrogen) atoms. The average Bonchev–Trinajstić information content (AvgIpc) is 2.86. The molecule has 4 heteroatoms.